The molecule has 0 aliphatic heterocycles. The van der Waals surface area contributed by atoms with Gasteiger partial charge in [0.15, 0.2) is 0 Å². The van der Waals surface area contributed by atoms with Gasteiger partial charge in [0, 0.05) is 17.3 Å². The quantitative estimate of drug-likeness (QED) is 0.748. The van der Waals surface area contributed by atoms with E-state index in [0.717, 1.165) is 5.69 Å². The van der Waals surface area contributed by atoms with E-state index in [4.69, 9.17) is 11.5 Å². The van der Waals surface area contributed by atoms with Gasteiger partial charge in [-0.3, -0.25) is 4.79 Å². The largest absolute Gasteiger partial charge is 0.383 e. The summed E-state index contributed by atoms with van der Waals surface area (Å²) in [5.41, 5.74) is 11.9. The smallest absolute Gasteiger partial charge is 0.248 e. The Morgan fingerprint density at radius 1 is 1.22 bits per heavy atom. The van der Waals surface area contributed by atoms with Crippen LogP contribution in [0, 0.1) is 0 Å². The summed E-state index contributed by atoms with van der Waals surface area (Å²) in [5.74, 6) is 0.256. The van der Waals surface area contributed by atoms with Crippen LogP contribution in [0.25, 0.3) is 0 Å². The maximum absolute atomic E-state index is 10.9. The Morgan fingerprint density at radius 2 is 1.89 bits per heavy atom. The number of anilines is 3. The van der Waals surface area contributed by atoms with Crippen molar-refractivity contribution < 1.29 is 4.79 Å². The van der Waals surface area contributed by atoms with E-state index in [2.05, 4.69) is 31.2 Å². The zero-order chi connectivity index (χ0) is 13.1. The molecule has 1 aromatic heterocycles. The molecule has 0 fully saturated rings. The van der Waals surface area contributed by atoms with Crippen LogP contribution in [-0.2, 0) is 0 Å². The summed E-state index contributed by atoms with van der Waals surface area (Å²) in [6, 6.07) is 8.25. The van der Waals surface area contributed by atoms with E-state index < -0.39 is 5.91 Å². The highest BCUT2D eigenvalue weighted by Gasteiger charge is 2.03. The van der Waals surface area contributed by atoms with Crippen molar-refractivity contribution >= 4 is 39.3 Å². The molecule has 7 heteroatoms. The van der Waals surface area contributed by atoms with Gasteiger partial charge in [-0.2, -0.15) is 4.98 Å². The zero-order valence-electron chi connectivity index (χ0n) is 9.22. The van der Waals surface area contributed by atoms with E-state index >= 15 is 0 Å². The minimum atomic E-state index is -0.468. The second-order valence-electron chi connectivity index (χ2n) is 3.51. The second kappa shape index (κ2) is 5.01. The summed E-state index contributed by atoms with van der Waals surface area (Å²) in [5, 5.41) is 2.97. The van der Waals surface area contributed by atoms with Crippen molar-refractivity contribution in [3.05, 3.63) is 40.5 Å². The first-order valence-corrected chi connectivity index (χ1v) is 5.81. The minimum absolute atomic E-state index is 0.355. The molecule has 0 saturated carbocycles. The molecule has 0 bridgehead atoms. The Kier molecular flexibility index (Phi) is 3.42. The molecule has 0 aliphatic rings. The number of carbonyl (C=O) groups is 1. The zero-order valence-corrected chi connectivity index (χ0v) is 10.8. The maximum atomic E-state index is 10.9. The van der Waals surface area contributed by atoms with E-state index in [9.17, 15) is 4.79 Å². The number of nitrogens with zero attached hydrogens (tertiary/aromatic N) is 2. The Balaban J connectivity index is 2.20. The van der Waals surface area contributed by atoms with Gasteiger partial charge < -0.3 is 16.8 Å². The van der Waals surface area contributed by atoms with Gasteiger partial charge in [-0.15, -0.1) is 0 Å². The SMILES string of the molecule is NC(=O)c1ccc(Nc2nc(N)cc(Br)n2)cc1. The van der Waals surface area contributed by atoms with E-state index in [1.165, 1.54) is 0 Å². The van der Waals surface area contributed by atoms with E-state index in [1.807, 2.05) is 0 Å². The lowest BCUT2D eigenvalue weighted by molar-refractivity contribution is 0.100. The summed E-state index contributed by atoms with van der Waals surface area (Å²) in [7, 11) is 0. The lowest BCUT2D eigenvalue weighted by Crippen LogP contribution is -2.10. The number of aromatic nitrogens is 2. The van der Waals surface area contributed by atoms with Crippen LogP contribution in [0.5, 0.6) is 0 Å². The fourth-order valence-electron chi connectivity index (χ4n) is 1.34. The average molecular weight is 308 g/mol. The van der Waals surface area contributed by atoms with Crippen LogP contribution in [0.2, 0.25) is 0 Å². The summed E-state index contributed by atoms with van der Waals surface area (Å²) >= 11 is 3.22. The molecule has 2 aromatic rings. The highest BCUT2D eigenvalue weighted by molar-refractivity contribution is 9.10. The van der Waals surface area contributed by atoms with Crippen LogP contribution in [0.3, 0.4) is 0 Å². The lowest BCUT2D eigenvalue weighted by atomic mass is 10.2. The number of nitrogens with two attached hydrogens (primary N) is 2. The Bertz CT molecular complexity index is 564. The number of nitrogens with one attached hydrogen (secondary N) is 1. The highest BCUT2D eigenvalue weighted by atomic mass is 79.9. The van der Waals surface area contributed by atoms with Crippen LogP contribution in [0.1, 0.15) is 10.4 Å². The molecule has 0 aliphatic carbocycles. The molecule has 1 heterocycles. The first kappa shape index (κ1) is 12.3. The van der Waals surface area contributed by atoms with Crippen LogP contribution in [-0.4, -0.2) is 15.9 Å². The Hall–Kier alpha value is -2.15. The van der Waals surface area contributed by atoms with E-state index in [-0.39, 0.29) is 0 Å². The number of primary amides is 1. The van der Waals surface area contributed by atoms with Crippen LogP contribution >= 0.6 is 15.9 Å². The standard InChI is InChI=1S/C11H10BrN5O/c12-8-5-9(13)17-11(16-8)15-7-3-1-6(2-4-7)10(14)18/h1-5H,(H2,14,18)(H3,13,15,16,17). The van der Waals surface area contributed by atoms with Gasteiger partial charge in [-0.05, 0) is 40.2 Å². The molecule has 0 radical (unpaired) electrons. The van der Waals surface area contributed by atoms with Gasteiger partial charge in [0.25, 0.3) is 0 Å². The molecule has 0 atom stereocenters. The number of hydrogen-bond acceptors (Lipinski definition) is 5. The summed E-state index contributed by atoms with van der Waals surface area (Å²) < 4.78 is 0.589. The molecule has 1 amide bonds. The van der Waals surface area contributed by atoms with Gasteiger partial charge in [-0.25, -0.2) is 4.98 Å². The Labute approximate surface area is 112 Å². The average Bonchev–Trinajstić information content (AvgIpc) is 2.28. The number of rotatable bonds is 3. The molecular weight excluding hydrogens is 298 g/mol. The number of carbonyl (C=O) groups excluding carboxylic acids is 1. The van der Waals surface area contributed by atoms with Crippen LogP contribution in [0.15, 0.2) is 34.9 Å². The van der Waals surface area contributed by atoms with Crippen molar-refractivity contribution in [1.82, 2.24) is 9.97 Å². The minimum Gasteiger partial charge on any atom is -0.383 e. The van der Waals surface area contributed by atoms with Crippen LogP contribution in [0.4, 0.5) is 17.5 Å². The fraction of sp³-hybridized carbons (Fsp3) is 0. The van der Waals surface area contributed by atoms with Crippen molar-refractivity contribution in [3.8, 4) is 0 Å². The predicted molar refractivity (Wildman–Crippen MR) is 72.4 cm³/mol. The van der Waals surface area contributed by atoms with E-state index in [1.54, 1.807) is 30.3 Å². The molecule has 92 valence electrons. The summed E-state index contributed by atoms with van der Waals surface area (Å²) in [6.45, 7) is 0. The normalized spacial score (nSPS) is 10.1. The molecule has 18 heavy (non-hydrogen) atoms. The number of nitrogen functional groups attached to an aromatic ring is 1. The number of halogens is 1. The second-order valence-corrected chi connectivity index (χ2v) is 4.32. The third kappa shape index (κ3) is 2.95. The topological polar surface area (TPSA) is 107 Å². The van der Waals surface area contributed by atoms with Crippen molar-refractivity contribution in [1.29, 1.82) is 0 Å². The predicted octanol–water partition coefficient (Wildman–Crippen LogP) is 1.66. The highest BCUT2D eigenvalue weighted by Crippen LogP contribution is 2.17. The third-order valence-electron chi connectivity index (χ3n) is 2.14. The van der Waals surface area contributed by atoms with Crippen molar-refractivity contribution in [3.63, 3.8) is 0 Å². The summed E-state index contributed by atoms with van der Waals surface area (Å²) in [4.78, 5) is 19.0. The third-order valence-corrected chi connectivity index (χ3v) is 2.55. The summed E-state index contributed by atoms with van der Waals surface area (Å²) in [6.07, 6.45) is 0. The van der Waals surface area contributed by atoms with Gasteiger partial charge >= 0.3 is 0 Å². The molecule has 1 aromatic carbocycles. The van der Waals surface area contributed by atoms with Crippen molar-refractivity contribution in [2.24, 2.45) is 5.73 Å². The van der Waals surface area contributed by atoms with Gasteiger partial charge in [-0.1, -0.05) is 0 Å². The molecule has 2 rings (SSSR count). The van der Waals surface area contributed by atoms with Gasteiger partial charge in [0.1, 0.15) is 10.4 Å². The lowest BCUT2D eigenvalue weighted by Gasteiger charge is -2.06. The van der Waals surface area contributed by atoms with Gasteiger partial charge in [0.2, 0.25) is 11.9 Å². The number of benzene rings is 1. The first-order valence-electron chi connectivity index (χ1n) is 5.01. The van der Waals surface area contributed by atoms with E-state index in [0.29, 0.717) is 21.9 Å². The number of hydrogen-bond donors (Lipinski definition) is 3. The van der Waals surface area contributed by atoms with Crippen LogP contribution < -0.4 is 16.8 Å². The number of amides is 1. The Morgan fingerprint density at radius 3 is 2.44 bits per heavy atom. The van der Waals surface area contributed by atoms with Gasteiger partial charge in [0.05, 0.1) is 0 Å². The molecule has 0 unspecified atom stereocenters. The molecule has 5 N–H and O–H groups in total. The fourth-order valence-corrected chi connectivity index (χ4v) is 1.74. The monoisotopic (exact) mass is 307 g/mol. The molecular formula is C11H10BrN5O. The molecule has 0 saturated heterocycles. The maximum Gasteiger partial charge on any atom is 0.248 e. The van der Waals surface area contributed by atoms with Crippen molar-refractivity contribution in [2.75, 3.05) is 11.1 Å². The first-order chi connectivity index (χ1) is 8.54. The van der Waals surface area contributed by atoms with Crippen molar-refractivity contribution in [2.45, 2.75) is 0 Å². The molecule has 0 spiro atoms. The molecule has 6 nitrogen and oxygen atoms in total.